The van der Waals surface area contributed by atoms with Gasteiger partial charge in [0.05, 0.1) is 6.20 Å². The van der Waals surface area contributed by atoms with Crippen LogP contribution in [0.1, 0.15) is 31.4 Å². The smallest absolute Gasteiger partial charge is 0.116 e. The third-order valence-electron chi connectivity index (χ3n) is 2.87. The Morgan fingerprint density at radius 1 is 1.35 bits per heavy atom. The molecule has 0 saturated carbocycles. The number of rotatable bonds is 4. The predicted molar refractivity (Wildman–Crippen MR) is 65.4 cm³/mol. The molecule has 1 atom stereocenters. The fourth-order valence-corrected chi connectivity index (χ4v) is 1.78. The van der Waals surface area contributed by atoms with Crippen molar-refractivity contribution in [3.63, 3.8) is 0 Å². The van der Waals surface area contributed by atoms with E-state index in [0.717, 1.165) is 24.1 Å². The van der Waals surface area contributed by atoms with Gasteiger partial charge in [0, 0.05) is 36.3 Å². The van der Waals surface area contributed by atoms with Crippen LogP contribution >= 0.6 is 0 Å². The molecule has 2 aromatic rings. The number of aromatic nitrogens is 3. The fraction of sp³-hybridized carbons (Fsp3) is 0.385. The molecule has 17 heavy (non-hydrogen) atoms. The second-order valence-electron chi connectivity index (χ2n) is 4.31. The molecule has 0 saturated heterocycles. The summed E-state index contributed by atoms with van der Waals surface area (Å²) in [4.78, 5) is 4.03. The lowest BCUT2D eigenvalue weighted by Crippen LogP contribution is -2.22. The molecule has 4 nitrogen and oxygen atoms in total. The maximum atomic E-state index is 10.5. The standard InChI is InChI=1S/C13H17N3O/c1-3-7-16-10-12(9-15-16)13(2,17)11-5-4-6-14-8-11/h4-6,8-10,17H,3,7H2,1-2H3. The summed E-state index contributed by atoms with van der Waals surface area (Å²) in [5.41, 5.74) is 0.523. The maximum absolute atomic E-state index is 10.5. The van der Waals surface area contributed by atoms with Gasteiger partial charge in [0.25, 0.3) is 0 Å². The topological polar surface area (TPSA) is 50.9 Å². The molecule has 2 heterocycles. The zero-order chi connectivity index (χ0) is 12.3. The molecule has 1 N–H and O–H groups in total. The minimum absolute atomic E-state index is 0.774. The van der Waals surface area contributed by atoms with Crippen molar-refractivity contribution in [3.05, 3.63) is 48.0 Å². The molecular weight excluding hydrogens is 214 g/mol. The van der Waals surface area contributed by atoms with Gasteiger partial charge < -0.3 is 5.11 Å². The van der Waals surface area contributed by atoms with Crippen LogP contribution in [0, 0.1) is 0 Å². The van der Waals surface area contributed by atoms with Gasteiger partial charge in [-0.05, 0) is 19.4 Å². The van der Waals surface area contributed by atoms with E-state index in [2.05, 4.69) is 17.0 Å². The van der Waals surface area contributed by atoms with Gasteiger partial charge in [0.15, 0.2) is 0 Å². The van der Waals surface area contributed by atoms with Gasteiger partial charge in [-0.2, -0.15) is 5.10 Å². The summed E-state index contributed by atoms with van der Waals surface area (Å²) in [5, 5.41) is 14.8. The van der Waals surface area contributed by atoms with Gasteiger partial charge in [0.2, 0.25) is 0 Å². The van der Waals surface area contributed by atoms with E-state index in [-0.39, 0.29) is 0 Å². The molecule has 0 aliphatic carbocycles. The Kier molecular flexibility index (Phi) is 3.24. The first-order chi connectivity index (χ1) is 8.14. The monoisotopic (exact) mass is 231 g/mol. The van der Waals surface area contributed by atoms with Gasteiger partial charge in [0.1, 0.15) is 5.60 Å². The van der Waals surface area contributed by atoms with Crippen molar-refractivity contribution in [2.45, 2.75) is 32.4 Å². The molecular formula is C13H17N3O. The number of nitrogens with zero attached hydrogens (tertiary/aromatic N) is 3. The molecule has 90 valence electrons. The molecule has 0 aliphatic heterocycles. The molecule has 0 amide bonds. The Morgan fingerprint density at radius 3 is 2.82 bits per heavy atom. The van der Waals surface area contributed by atoms with Gasteiger partial charge in [-0.15, -0.1) is 0 Å². The van der Waals surface area contributed by atoms with Crippen LogP contribution in [-0.2, 0) is 12.1 Å². The molecule has 2 rings (SSSR count). The lowest BCUT2D eigenvalue weighted by Gasteiger charge is -2.21. The van der Waals surface area contributed by atoms with Crippen LogP contribution in [0.25, 0.3) is 0 Å². The van der Waals surface area contributed by atoms with E-state index in [4.69, 9.17) is 0 Å². The largest absolute Gasteiger partial charge is 0.381 e. The molecule has 0 radical (unpaired) electrons. The van der Waals surface area contributed by atoms with Crippen LogP contribution in [0.4, 0.5) is 0 Å². The van der Waals surface area contributed by atoms with Crippen LogP contribution < -0.4 is 0 Å². The average Bonchev–Trinajstić information content (AvgIpc) is 2.80. The summed E-state index contributed by atoms with van der Waals surface area (Å²) in [5.74, 6) is 0. The first kappa shape index (κ1) is 11.8. The van der Waals surface area contributed by atoms with Crippen molar-refractivity contribution in [2.24, 2.45) is 0 Å². The highest BCUT2D eigenvalue weighted by atomic mass is 16.3. The van der Waals surface area contributed by atoms with E-state index in [1.807, 2.05) is 23.0 Å². The van der Waals surface area contributed by atoms with Gasteiger partial charge in [-0.3, -0.25) is 9.67 Å². The van der Waals surface area contributed by atoms with Crippen LogP contribution in [0.15, 0.2) is 36.9 Å². The Morgan fingerprint density at radius 2 is 2.18 bits per heavy atom. The van der Waals surface area contributed by atoms with E-state index in [9.17, 15) is 5.11 Å². The minimum atomic E-state index is -1.04. The zero-order valence-corrected chi connectivity index (χ0v) is 10.2. The molecule has 0 bridgehead atoms. The summed E-state index contributed by atoms with van der Waals surface area (Å²) in [6.07, 6.45) is 7.99. The quantitative estimate of drug-likeness (QED) is 0.875. The third kappa shape index (κ3) is 2.36. The number of pyridine rings is 1. The van der Waals surface area contributed by atoms with Crippen molar-refractivity contribution in [1.82, 2.24) is 14.8 Å². The fourth-order valence-electron chi connectivity index (χ4n) is 1.78. The zero-order valence-electron chi connectivity index (χ0n) is 10.2. The first-order valence-electron chi connectivity index (χ1n) is 5.80. The van der Waals surface area contributed by atoms with Crippen LogP contribution in [0.2, 0.25) is 0 Å². The van der Waals surface area contributed by atoms with Gasteiger partial charge in [-0.1, -0.05) is 13.0 Å². The Hall–Kier alpha value is -1.68. The highest BCUT2D eigenvalue weighted by Gasteiger charge is 2.27. The minimum Gasteiger partial charge on any atom is -0.381 e. The highest BCUT2D eigenvalue weighted by molar-refractivity contribution is 5.30. The van der Waals surface area contributed by atoms with E-state index >= 15 is 0 Å². The van der Waals surface area contributed by atoms with Crippen molar-refractivity contribution in [1.29, 1.82) is 0 Å². The molecule has 0 spiro atoms. The lowest BCUT2D eigenvalue weighted by molar-refractivity contribution is 0.102. The van der Waals surface area contributed by atoms with E-state index in [1.54, 1.807) is 25.5 Å². The highest BCUT2D eigenvalue weighted by Crippen LogP contribution is 2.27. The normalized spacial score (nSPS) is 14.5. The molecule has 1 unspecified atom stereocenters. The molecule has 0 aliphatic rings. The number of aryl methyl sites for hydroxylation is 1. The second-order valence-corrected chi connectivity index (χ2v) is 4.31. The third-order valence-corrected chi connectivity index (χ3v) is 2.87. The summed E-state index contributed by atoms with van der Waals surface area (Å²) >= 11 is 0. The molecule has 0 aromatic carbocycles. The van der Waals surface area contributed by atoms with Gasteiger partial charge in [-0.25, -0.2) is 0 Å². The first-order valence-corrected chi connectivity index (χ1v) is 5.80. The van der Waals surface area contributed by atoms with E-state index in [1.165, 1.54) is 0 Å². The Bertz CT molecular complexity index is 476. The van der Waals surface area contributed by atoms with E-state index in [0.29, 0.717) is 0 Å². The average molecular weight is 231 g/mol. The predicted octanol–water partition coefficient (Wildman–Crippen LogP) is 1.94. The Balaban J connectivity index is 2.31. The summed E-state index contributed by atoms with van der Waals surface area (Å²) in [6.45, 7) is 4.72. The summed E-state index contributed by atoms with van der Waals surface area (Å²) in [6, 6.07) is 3.68. The molecule has 2 aromatic heterocycles. The van der Waals surface area contributed by atoms with Gasteiger partial charge >= 0.3 is 0 Å². The van der Waals surface area contributed by atoms with Crippen molar-refractivity contribution < 1.29 is 5.11 Å². The van der Waals surface area contributed by atoms with Crippen LogP contribution in [-0.4, -0.2) is 19.9 Å². The van der Waals surface area contributed by atoms with Crippen LogP contribution in [0.5, 0.6) is 0 Å². The van der Waals surface area contributed by atoms with Crippen LogP contribution in [0.3, 0.4) is 0 Å². The number of hydrogen-bond donors (Lipinski definition) is 1. The van der Waals surface area contributed by atoms with E-state index < -0.39 is 5.60 Å². The summed E-state index contributed by atoms with van der Waals surface area (Å²) < 4.78 is 1.85. The maximum Gasteiger partial charge on any atom is 0.116 e. The van der Waals surface area contributed by atoms with Crippen molar-refractivity contribution in [2.75, 3.05) is 0 Å². The molecule has 4 heteroatoms. The SMILES string of the molecule is CCCn1cc(C(C)(O)c2cccnc2)cn1. The Labute approximate surface area is 101 Å². The number of aliphatic hydroxyl groups is 1. The van der Waals surface area contributed by atoms with Crippen molar-refractivity contribution in [3.8, 4) is 0 Å². The van der Waals surface area contributed by atoms with Crippen molar-refractivity contribution >= 4 is 0 Å². The summed E-state index contributed by atoms with van der Waals surface area (Å²) in [7, 11) is 0. The second kappa shape index (κ2) is 4.67. The molecule has 0 fully saturated rings. The number of hydrogen-bond acceptors (Lipinski definition) is 3. The lowest BCUT2D eigenvalue weighted by atomic mass is 9.92.